The number of hydrogen-bond donors (Lipinski definition) is 0. The fourth-order valence-corrected chi connectivity index (χ4v) is 1.76. The molecule has 2 aromatic rings. The van der Waals surface area contributed by atoms with Crippen molar-refractivity contribution in [3.8, 4) is 11.8 Å². The molecule has 2 aromatic carbocycles. The Balaban J connectivity index is 2.15. The molecule has 0 N–H and O–H groups in total. The summed E-state index contributed by atoms with van der Waals surface area (Å²) in [5, 5.41) is 8.81. The zero-order valence-corrected chi connectivity index (χ0v) is 11.2. The van der Waals surface area contributed by atoms with Gasteiger partial charge in [-0.05, 0) is 42.8 Å². The normalized spacial score (nSPS) is 10.0. The van der Waals surface area contributed by atoms with Gasteiger partial charge in [-0.25, -0.2) is 8.78 Å². The average Bonchev–Trinajstić information content (AvgIpc) is 2.48. The molecule has 3 nitrogen and oxygen atoms in total. The minimum Gasteiger partial charge on any atom is -0.485 e. The van der Waals surface area contributed by atoms with Crippen molar-refractivity contribution in [3.05, 3.63) is 64.7 Å². The molecule has 0 fully saturated rings. The standard InChI is InChI=1S/C16H11F2NO2/c1-10-2-3-11(8-19)6-16(10)21-9-15(20)13-7-12(17)4-5-14(13)18/h2-7H,9H2,1H3. The van der Waals surface area contributed by atoms with Crippen molar-refractivity contribution >= 4 is 5.78 Å². The van der Waals surface area contributed by atoms with Crippen LogP contribution in [0.25, 0.3) is 0 Å². The van der Waals surface area contributed by atoms with Crippen LogP contribution in [0.2, 0.25) is 0 Å². The summed E-state index contributed by atoms with van der Waals surface area (Å²) in [6.45, 7) is 1.32. The Hall–Kier alpha value is -2.74. The van der Waals surface area contributed by atoms with E-state index in [1.807, 2.05) is 6.07 Å². The molecule has 0 radical (unpaired) electrons. The monoisotopic (exact) mass is 287 g/mol. The summed E-state index contributed by atoms with van der Waals surface area (Å²) < 4.78 is 31.8. The van der Waals surface area contributed by atoms with Crippen LogP contribution in [0.4, 0.5) is 8.78 Å². The lowest BCUT2D eigenvalue weighted by Gasteiger charge is -2.09. The molecule has 0 unspecified atom stereocenters. The summed E-state index contributed by atoms with van der Waals surface area (Å²) in [6, 6.07) is 9.41. The Morgan fingerprint density at radius 3 is 2.71 bits per heavy atom. The number of nitriles is 1. The van der Waals surface area contributed by atoms with E-state index < -0.39 is 24.0 Å². The minimum atomic E-state index is -0.799. The molecule has 0 aromatic heterocycles. The molecule has 0 heterocycles. The molecule has 0 spiro atoms. The van der Waals surface area contributed by atoms with Crippen molar-refractivity contribution in [3.63, 3.8) is 0 Å². The van der Waals surface area contributed by atoms with Crippen LogP contribution in [0.1, 0.15) is 21.5 Å². The first-order valence-electron chi connectivity index (χ1n) is 6.13. The number of aryl methyl sites for hydroxylation is 1. The van der Waals surface area contributed by atoms with Crippen LogP contribution in [-0.4, -0.2) is 12.4 Å². The van der Waals surface area contributed by atoms with Gasteiger partial charge in [-0.3, -0.25) is 4.79 Å². The predicted octanol–water partition coefficient (Wildman–Crippen LogP) is 3.41. The highest BCUT2D eigenvalue weighted by Gasteiger charge is 2.14. The second-order valence-electron chi connectivity index (χ2n) is 4.43. The van der Waals surface area contributed by atoms with Gasteiger partial charge in [-0.15, -0.1) is 0 Å². The molecule has 5 heteroatoms. The Morgan fingerprint density at radius 1 is 1.24 bits per heavy atom. The maximum atomic E-state index is 13.5. The molecule has 0 aliphatic carbocycles. The molecule has 0 aliphatic rings. The third-order valence-electron chi connectivity index (χ3n) is 2.90. The summed E-state index contributed by atoms with van der Waals surface area (Å²) in [4.78, 5) is 11.9. The summed E-state index contributed by atoms with van der Waals surface area (Å²) in [5.41, 5.74) is 0.769. The van der Waals surface area contributed by atoms with Crippen molar-refractivity contribution in [1.29, 1.82) is 5.26 Å². The molecule has 0 aliphatic heterocycles. The van der Waals surface area contributed by atoms with Crippen LogP contribution in [0.3, 0.4) is 0 Å². The van der Waals surface area contributed by atoms with E-state index in [1.54, 1.807) is 19.1 Å². The van der Waals surface area contributed by atoms with Gasteiger partial charge in [0.15, 0.2) is 6.61 Å². The first-order valence-corrected chi connectivity index (χ1v) is 6.13. The van der Waals surface area contributed by atoms with Crippen molar-refractivity contribution in [2.75, 3.05) is 6.61 Å². The van der Waals surface area contributed by atoms with E-state index in [2.05, 4.69) is 0 Å². The number of ether oxygens (including phenoxy) is 1. The van der Waals surface area contributed by atoms with E-state index in [-0.39, 0.29) is 5.56 Å². The minimum absolute atomic E-state index is 0.357. The van der Waals surface area contributed by atoms with E-state index in [1.165, 1.54) is 6.07 Å². The summed E-state index contributed by atoms with van der Waals surface area (Å²) in [5.74, 6) is -1.80. The van der Waals surface area contributed by atoms with Crippen LogP contribution in [0.15, 0.2) is 36.4 Å². The van der Waals surface area contributed by atoms with Gasteiger partial charge in [0.05, 0.1) is 17.2 Å². The number of ketones is 1. The molecule has 0 saturated heterocycles. The fourth-order valence-electron chi connectivity index (χ4n) is 1.76. The van der Waals surface area contributed by atoms with Gasteiger partial charge in [0, 0.05) is 0 Å². The van der Waals surface area contributed by atoms with Crippen molar-refractivity contribution in [2.45, 2.75) is 6.92 Å². The van der Waals surface area contributed by atoms with E-state index in [0.29, 0.717) is 11.3 Å². The number of carbonyl (C=O) groups is 1. The topological polar surface area (TPSA) is 50.1 Å². The summed E-state index contributed by atoms with van der Waals surface area (Å²) in [7, 11) is 0. The van der Waals surface area contributed by atoms with E-state index in [4.69, 9.17) is 10.00 Å². The van der Waals surface area contributed by atoms with Crippen molar-refractivity contribution in [1.82, 2.24) is 0 Å². The number of halogens is 2. The van der Waals surface area contributed by atoms with Gasteiger partial charge in [-0.2, -0.15) is 5.26 Å². The first kappa shape index (κ1) is 14.7. The van der Waals surface area contributed by atoms with Crippen LogP contribution < -0.4 is 4.74 Å². The quantitative estimate of drug-likeness (QED) is 0.810. The first-order chi connectivity index (χ1) is 10.0. The Labute approximate surface area is 120 Å². The lowest BCUT2D eigenvalue weighted by molar-refractivity contribution is 0.0916. The van der Waals surface area contributed by atoms with Crippen LogP contribution >= 0.6 is 0 Å². The van der Waals surface area contributed by atoms with Crippen LogP contribution in [0, 0.1) is 29.9 Å². The second-order valence-corrected chi connectivity index (χ2v) is 4.43. The molecule has 106 valence electrons. The number of nitrogens with zero attached hydrogens (tertiary/aromatic N) is 1. The number of rotatable bonds is 4. The Bertz CT molecular complexity index is 736. The van der Waals surface area contributed by atoms with E-state index in [0.717, 1.165) is 23.8 Å². The van der Waals surface area contributed by atoms with Gasteiger partial charge < -0.3 is 4.74 Å². The highest BCUT2D eigenvalue weighted by Crippen LogP contribution is 2.20. The maximum Gasteiger partial charge on any atom is 0.203 e. The predicted molar refractivity (Wildman–Crippen MR) is 72.1 cm³/mol. The average molecular weight is 287 g/mol. The van der Waals surface area contributed by atoms with Crippen molar-refractivity contribution in [2.24, 2.45) is 0 Å². The van der Waals surface area contributed by atoms with Crippen LogP contribution in [-0.2, 0) is 0 Å². The zero-order chi connectivity index (χ0) is 15.4. The fraction of sp³-hybridized carbons (Fsp3) is 0.125. The third kappa shape index (κ3) is 3.42. The number of Topliss-reactive ketones (excluding diaryl/α,β-unsaturated/α-hetero) is 1. The number of hydrogen-bond acceptors (Lipinski definition) is 3. The van der Waals surface area contributed by atoms with Gasteiger partial charge in [0.25, 0.3) is 0 Å². The Kier molecular flexibility index (Phi) is 4.29. The lowest BCUT2D eigenvalue weighted by atomic mass is 10.1. The highest BCUT2D eigenvalue weighted by atomic mass is 19.1. The molecular formula is C16H11F2NO2. The molecule has 0 atom stereocenters. The second kappa shape index (κ2) is 6.14. The number of benzene rings is 2. The molecule has 0 bridgehead atoms. The SMILES string of the molecule is Cc1ccc(C#N)cc1OCC(=O)c1cc(F)ccc1F. The summed E-state index contributed by atoms with van der Waals surface area (Å²) >= 11 is 0. The van der Waals surface area contributed by atoms with E-state index in [9.17, 15) is 13.6 Å². The Morgan fingerprint density at radius 2 is 2.00 bits per heavy atom. The number of carbonyl (C=O) groups excluding carboxylic acids is 1. The van der Waals surface area contributed by atoms with Crippen molar-refractivity contribution < 1.29 is 18.3 Å². The van der Waals surface area contributed by atoms with E-state index >= 15 is 0 Å². The third-order valence-corrected chi connectivity index (χ3v) is 2.90. The van der Waals surface area contributed by atoms with Gasteiger partial charge >= 0.3 is 0 Å². The van der Waals surface area contributed by atoms with Gasteiger partial charge in [-0.1, -0.05) is 6.07 Å². The molecule has 2 rings (SSSR count). The highest BCUT2D eigenvalue weighted by molar-refractivity contribution is 5.97. The largest absolute Gasteiger partial charge is 0.485 e. The zero-order valence-electron chi connectivity index (χ0n) is 11.2. The maximum absolute atomic E-state index is 13.5. The lowest BCUT2D eigenvalue weighted by Crippen LogP contribution is -2.14. The van der Waals surface area contributed by atoms with Crippen LogP contribution in [0.5, 0.6) is 5.75 Å². The molecule has 0 amide bonds. The molecule has 0 saturated carbocycles. The smallest absolute Gasteiger partial charge is 0.203 e. The molecule has 21 heavy (non-hydrogen) atoms. The van der Waals surface area contributed by atoms with Gasteiger partial charge in [0.1, 0.15) is 17.4 Å². The molecular weight excluding hydrogens is 276 g/mol. The van der Waals surface area contributed by atoms with Gasteiger partial charge in [0.2, 0.25) is 5.78 Å². The summed E-state index contributed by atoms with van der Waals surface area (Å²) in [6.07, 6.45) is 0.